The predicted octanol–water partition coefficient (Wildman–Crippen LogP) is 3.68. The van der Waals surface area contributed by atoms with Crippen LogP contribution in [0.5, 0.6) is 0 Å². The number of methoxy groups -OCH3 is 1. The van der Waals surface area contributed by atoms with Gasteiger partial charge in [0.15, 0.2) is 5.82 Å². The van der Waals surface area contributed by atoms with E-state index in [-0.39, 0.29) is 0 Å². The molecule has 1 heterocycles. The molecule has 0 fully saturated rings. The number of aromatic nitrogens is 2. The number of hydrogen-bond donors (Lipinski definition) is 1. The molecule has 1 aromatic carbocycles. The largest absolute Gasteiger partial charge is 0.383 e. The summed E-state index contributed by atoms with van der Waals surface area (Å²) in [6.45, 7) is 4.92. The molecule has 0 aliphatic carbocycles. The summed E-state index contributed by atoms with van der Waals surface area (Å²) in [6.07, 6.45) is 0.899. The van der Waals surface area contributed by atoms with Crippen molar-refractivity contribution in [3.8, 4) is 11.4 Å². The standard InChI is InChI=1S/C16H20IN3O/c1-10(2)7-13-14(17)15(18)20-16(19-13)12-6-4-5-11(8-12)9-21-3/h4-6,8,10H,7,9H2,1-3H3,(H2,18,19,20). The lowest BCUT2D eigenvalue weighted by atomic mass is 10.1. The molecule has 0 saturated carbocycles. The maximum Gasteiger partial charge on any atom is 0.161 e. The molecule has 1 aromatic heterocycles. The minimum absolute atomic E-state index is 0.528. The molecule has 0 amide bonds. The van der Waals surface area contributed by atoms with Crippen molar-refractivity contribution in [2.75, 3.05) is 12.8 Å². The highest BCUT2D eigenvalue weighted by Gasteiger charge is 2.13. The Morgan fingerprint density at radius 3 is 2.71 bits per heavy atom. The first-order valence-electron chi connectivity index (χ1n) is 6.91. The predicted molar refractivity (Wildman–Crippen MR) is 93.9 cm³/mol. The fraction of sp³-hybridized carbons (Fsp3) is 0.375. The van der Waals surface area contributed by atoms with E-state index in [1.165, 1.54) is 0 Å². The second-order valence-electron chi connectivity index (χ2n) is 5.42. The lowest BCUT2D eigenvalue weighted by molar-refractivity contribution is 0.185. The summed E-state index contributed by atoms with van der Waals surface area (Å²) < 4.78 is 6.13. The third-order valence-electron chi connectivity index (χ3n) is 3.04. The molecule has 0 spiro atoms. The van der Waals surface area contributed by atoms with E-state index >= 15 is 0 Å². The zero-order valence-corrected chi connectivity index (χ0v) is 14.7. The van der Waals surface area contributed by atoms with Crippen LogP contribution in [-0.2, 0) is 17.8 Å². The Balaban J connectivity index is 2.44. The minimum atomic E-state index is 0.528. The smallest absolute Gasteiger partial charge is 0.161 e. The number of hydrogen-bond acceptors (Lipinski definition) is 4. The van der Waals surface area contributed by atoms with Crippen molar-refractivity contribution >= 4 is 28.4 Å². The maximum atomic E-state index is 6.05. The van der Waals surface area contributed by atoms with Crippen molar-refractivity contribution in [3.05, 3.63) is 39.1 Å². The number of nitrogens with two attached hydrogens (primary N) is 1. The van der Waals surface area contributed by atoms with Gasteiger partial charge in [0.25, 0.3) is 0 Å². The quantitative estimate of drug-likeness (QED) is 0.783. The normalized spacial score (nSPS) is 11.1. The van der Waals surface area contributed by atoms with Crippen molar-refractivity contribution in [2.24, 2.45) is 5.92 Å². The van der Waals surface area contributed by atoms with Gasteiger partial charge in [-0.3, -0.25) is 0 Å². The Bertz CT molecular complexity index is 629. The molecule has 0 atom stereocenters. The monoisotopic (exact) mass is 397 g/mol. The Hall–Kier alpha value is -1.21. The summed E-state index contributed by atoms with van der Waals surface area (Å²) in [4.78, 5) is 9.14. The van der Waals surface area contributed by atoms with Crippen LogP contribution in [0.1, 0.15) is 25.1 Å². The van der Waals surface area contributed by atoms with Crippen molar-refractivity contribution in [1.29, 1.82) is 0 Å². The van der Waals surface area contributed by atoms with E-state index in [2.05, 4.69) is 41.4 Å². The highest BCUT2D eigenvalue weighted by Crippen LogP contribution is 2.24. The number of nitrogen functional groups attached to an aromatic ring is 1. The van der Waals surface area contributed by atoms with Crippen LogP contribution in [0.3, 0.4) is 0 Å². The fourth-order valence-corrected chi connectivity index (χ4v) is 2.59. The summed E-state index contributed by atoms with van der Waals surface area (Å²) in [5.74, 6) is 1.76. The molecule has 21 heavy (non-hydrogen) atoms. The number of rotatable bonds is 5. The summed E-state index contributed by atoms with van der Waals surface area (Å²) in [5.41, 5.74) is 9.14. The van der Waals surface area contributed by atoms with Crippen molar-refractivity contribution in [3.63, 3.8) is 0 Å². The van der Waals surface area contributed by atoms with E-state index in [0.717, 1.165) is 26.8 Å². The lowest BCUT2D eigenvalue weighted by Gasteiger charge is -2.11. The van der Waals surface area contributed by atoms with Gasteiger partial charge in [-0.05, 0) is 46.6 Å². The topological polar surface area (TPSA) is 61.0 Å². The summed E-state index contributed by atoms with van der Waals surface area (Å²) in [7, 11) is 1.69. The van der Waals surface area contributed by atoms with Gasteiger partial charge in [-0.2, -0.15) is 0 Å². The molecular formula is C16H20IN3O. The zero-order valence-electron chi connectivity index (χ0n) is 12.6. The molecule has 0 radical (unpaired) electrons. The third-order valence-corrected chi connectivity index (χ3v) is 4.22. The molecule has 2 aromatic rings. The Morgan fingerprint density at radius 1 is 1.29 bits per heavy atom. The van der Waals surface area contributed by atoms with E-state index in [1.54, 1.807) is 7.11 Å². The molecule has 0 aliphatic heterocycles. The van der Waals surface area contributed by atoms with Crippen LogP contribution < -0.4 is 5.73 Å². The van der Waals surface area contributed by atoms with E-state index in [1.807, 2.05) is 24.3 Å². The lowest BCUT2D eigenvalue weighted by Crippen LogP contribution is -2.07. The highest BCUT2D eigenvalue weighted by molar-refractivity contribution is 14.1. The van der Waals surface area contributed by atoms with E-state index in [4.69, 9.17) is 15.5 Å². The van der Waals surface area contributed by atoms with Crippen LogP contribution >= 0.6 is 22.6 Å². The molecule has 4 nitrogen and oxygen atoms in total. The number of halogens is 1. The van der Waals surface area contributed by atoms with Crippen LogP contribution in [0.15, 0.2) is 24.3 Å². The van der Waals surface area contributed by atoms with Crippen molar-refractivity contribution < 1.29 is 4.74 Å². The summed E-state index contributed by atoms with van der Waals surface area (Å²) >= 11 is 2.22. The molecule has 112 valence electrons. The van der Waals surface area contributed by atoms with Crippen LogP contribution in [-0.4, -0.2) is 17.1 Å². The van der Waals surface area contributed by atoms with Gasteiger partial charge in [0, 0.05) is 12.7 Å². The van der Waals surface area contributed by atoms with Gasteiger partial charge in [-0.15, -0.1) is 0 Å². The molecule has 2 N–H and O–H groups in total. The van der Waals surface area contributed by atoms with Crippen LogP contribution in [0.2, 0.25) is 0 Å². The summed E-state index contributed by atoms with van der Waals surface area (Å²) in [5, 5.41) is 0. The molecule has 0 saturated heterocycles. The number of benzene rings is 1. The van der Waals surface area contributed by atoms with Crippen LogP contribution in [0.25, 0.3) is 11.4 Å². The molecule has 0 unspecified atom stereocenters. The first-order chi connectivity index (χ1) is 10.0. The number of nitrogens with zero attached hydrogens (tertiary/aromatic N) is 2. The third kappa shape index (κ3) is 4.14. The van der Waals surface area contributed by atoms with Gasteiger partial charge in [0.2, 0.25) is 0 Å². The van der Waals surface area contributed by atoms with Crippen LogP contribution in [0.4, 0.5) is 5.82 Å². The SMILES string of the molecule is COCc1cccc(-c2nc(N)c(I)c(CC(C)C)n2)c1. The minimum Gasteiger partial charge on any atom is -0.383 e. The van der Waals surface area contributed by atoms with E-state index in [0.29, 0.717) is 24.2 Å². The Morgan fingerprint density at radius 2 is 2.05 bits per heavy atom. The van der Waals surface area contributed by atoms with E-state index in [9.17, 15) is 0 Å². The first kappa shape index (κ1) is 16.2. The van der Waals surface area contributed by atoms with Gasteiger partial charge < -0.3 is 10.5 Å². The van der Waals surface area contributed by atoms with Gasteiger partial charge in [-0.25, -0.2) is 9.97 Å². The first-order valence-corrected chi connectivity index (χ1v) is 7.99. The van der Waals surface area contributed by atoms with Crippen molar-refractivity contribution in [1.82, 2.24) is 9.97 Å². The van der Waals surface area contributed by atoms with Crippen LogP contribution in [0, 0.1) is 9.49 Å². The van der Waals surface area contributed by atoms with E-state index < -0.39 is 0 Å². The van der Waals surface area contributed by atoms with Gasteiger partial charge in [-0.1, -0.05) is 32.0 Å². The Kier molecular flexibility index (Phi) is 5.52. The highest BCUT2D eigenvalue weighted by atomic mass is 127. The Labute approximate surface area is 139 Å². The fourth-order valence-electron chi connectivity index (χ4n) is 2.13. The average molecular weight is 397 g/mol. The maximum absolute atomic E-state index is 6.05. The van der Waals surface area contributed by atoms with Gasteiger partial charge in [0.1, 0.15) is 5.82 Å². The second kappa shape index (κ2) is 7.17. The molecule has 2 rings (SSSR count). The second-order valence-corrected chi connectivity index (χ2v) is 6.50. The molecule has 0 bridgehead atoms. The number of anilines is 1. The summed E-state index contributed by atoms with van der Waals surface area (Å²) in [6, 6.07) is 8.06. The average Bonchev–Trinajstić information content (AvgIpc) is 2.44. The number of ether oxygens (including phenoxy) is 1. The van der Waals surface area contributed by atoms with Crippen molar-refractivity contribution in [2.45, 2.75) is 26.9 Å². The molecular weight excluding hydrogens is 377 g/mol. The van der Waals surface area contributed by atoms with Gasteiger partial charge >= 0.3 is 0 Å². The zero-order chi connectivity index (χ0) is 15.4. The molecule has 5 heteroatoms. The molecule has 0 aliphatic rings. The van der Waals surface area contributed by atoms with Gasteiger partial charge in [0.05, 0.1) is 15.9 Å².